The number of ketones is 1. The summed E-state index contributed by atoms with van der Waals surface area (Å²) in [5.74, 6) is -0.635. The Balaban J connectivity index is 2.72. The first-order valence-corrected chi connectivity index (χ1v) is 6.91. The summed E-state index contributed by atoms with van der Waals surface area (Å²) in [7, 11) is 0. The number of phenolic OH excluding ortho intramolecular Hbond substituents is 1. The topological polar surface area (TPSA) is 109 Å². The lowest BCUT2D eigenvalue weighted by atomic mass is 9.81. The summed E-state index contributed by atoms with van der Waals surface area (Å²) in [4.78, 5) is 34.7. The minimum absolute atomic E-state index is 0.126. The maximum Gasteiger partial charge on any atom is 0.237 e. The minimum Gasteiger partial charge on any atom is -0.508 e. The van der Waals surface area contributed by atoms with Crippen LogP contribution in [0.5, 0.6) is 5.75 Å². The van der Waals surface area contributed by atoms with E-state index >= 15 is 0 Å². The summed E-state index contributed by atoms with van der Waals surface area (Å²) in [5, 5.41) is 11.7. The number of nitrogens with one attached hydrogen (secondary N) is 1. The lowest BCUT2D eigenvalue weighted by molar-refractivity contribution is -0.127. The summed E-state index contributed by atoms with van der Waals surface area (Å²) in [6.45, 7) is 4.49. The molecule has 0 saturated carbocycles. The van der Waals surface area contributed by atoms with Crippen LogP contribution in [0.25, 0.3) is 0 Å². The normalized spacial score (nSPS) is 14.0. The molecule has 4 N–H and O–H groups in total. The summed E-state index contributed by atoms with van der Waals surface area (Å²) < 4.78 is 0. The van der Waals surface area contributed by atoms with E-state index < -0.39 is 23.4 Å². The second-order valence-electron chi connectivity index (χ2n) is 5.81. The van der Waals surface area contributed by atoms with E-state index in [1.807, 2.05) is 0 Å². The summed E-state index contributed by atoms with van der Waals surface area (Å²) in [6.07, 6.45) is 1.94. The summed E-state index contributed by atoms with van der Waals surface area (Å²) in [5.41, 5.74) is 5.55. The number of hydrogen-bond acceptors (Lipinski definition) is 5. The Morgan fingerprint density at radius 1 is 1.32 bits per heavy atom. The van der Waals surface area contributed by atoms with E-state index in [2.05, 4.69) is 5.32 Å². The standard InChI is InChI=1S/C16H21N2O4/c1-10(20)16(2,3)14(9-19)18-15(22)13(17)8-11-4-6-12(21)7-5-11/h4-7,13-14,21H,8,17H2,1-3H3,(H,18,22)/t13-,14+/m0/s1. The Morgan fingerprint density at radius 3 is 2.32 bits per heavy atom. The fraction of sp³-hybridized carbons (Fsp3) is 0.438. The fourth-order valence-electron chi connectivity index (χ4n) is 1.79. The average Bonchev–Trinajstić information content (AvgIpc) is 2.46. The molecule has 1 radical (unpaired) electrons. The van der Waals surface area contributed by atoms with Crippen LogP contribution in [-0.2, 0) is 20.8 Å². The predicted octanol–water partition coefficient (Wildman–Crippen LogP) is 0.472. The minimum atomic E-state index is -1.05. The molecule has 0 saturated heterocycles. The van der Waals surface area contributed by atoms with E-state index in [1.54, 1.807) is 32.3 Å². The zero-order valence-corrected chi connectivity index (χ0v) is 12.9. The molecule has 119 valence electrons. The molecule has 0 unspecified atom stereocenters. The molecule has 2 atom stereocenters. The van der Waals surface area contributed by atoms with Gasteiger partial charge in [0.15, 0.2) is 0 Å². The molecule has 6 nitrogen and oxygen atoms in total. The Bertz CT molecular complexity index is 552. The molecule has 22 heavy (non-hydrogen) atoms. The lowest BCUT2D eigenvalue weighted by Crippen LogP contribution is -2.54. The van der Waals surface area contributed by atoms with Gasteiger partial charge in [0.05, 0.1) is 11.5 Å². The number of carbonyl (C=O) groups excluding carboxylic acids is 3. The number of phenols is 1. The molecule has 0 fully saturated rings. The quantitative estimate of drug-likeness (QED) is 0.678. The average molecular weight is 305 g/mol. The van der Waals surface area contributed by atoms with Crippen molar-refractivity contribution in [3.63, 3.8) is 0 Å². The molecular formula is C16H21N2O4. The van der Waals surface area contributed by atoms with Gasteiger partial charge in [-0.05, 0) is 31.0 Å². The Labute approximate surface area is 129 Å². The molecule has 1 rings (SSSR count). The van der Waals surface area contributed by atoms with E-state index in [0.717, 1.165) is 5.56 Å². The molecule has 0 aromatic heterocycles. The van der Waals surface area contributed by atoms with Crippen molar-refractivity contribution in [1.82, 2.24) is 5.32 Å². The highest BCUT2D eigenvalue weighted by Gasteiger charge is 2.36. The monoisotopic (exact) mass is 305 g/mol. The van der Waals surface area contributed by atoms with Crippen LogP contribution in [0.15, 0.2) is 24.3 Å². The van der Waals surface area contributed by atoms with Gasteiger partial charge in [-0.15, -0.1) is 0 Å². The van der Waals surface area contributed by atoms with Gasteiger partial charge < -0.3 is 16.2 Å². The molecule has 1 aromatic rings. The largest absolute Gasteiger partial charge is 0.508 e. The first-order chi connectivity index (χ1) is 10.2. The molecule has 0 aliphatic heterocycles. The van der Waals surface area contributed by atoms with E-state index in [1.165, 1.54) is 19.1 Å². The van der Waals surface area contributed by atoms with Gasteiger partial charge in [0.25, 0.3) is 0 Å². The van der Waals surface area contributed by atoms with Gasteiger partial charge in [0.1, 0.15) is 17.6 Å². The third-order valence-corrected chi connectivity index (χ3v) is 3.76. The Morgan fingerprint density at radius 2 is 1.86 bits per heavy atom. The second-order valence-corrected chi connectivity index (χ2v) is 5.81. The van der Waals surface area contributed by atoms with Crippen LogP contribution in [0.2, 0.25) is 0 Å². The zero-order chi connectivity index (χ0) is 16.9. The van der Waals surface area contributed by atoms with Crippen LogP contribution in [0.4, 0.5) is 0 Å². The number of benzene rings is 1. The molecule has 0 bridgehead atoms. The van der Waals surface area contributed by atoms with E-state index in [0.29, 0.717) is 0 Å². The van der Waals surface area contributed by atoms with Crippen molar-refractivity contribution in [2.24, 2.45) is 11.1 Å². The van der Waals surface area contributed by atoms with Crippen LogP contribution in [0.3, 0.4) is 0 Å². The Hall–Kier alpha value is -2.21. The molecule has 1 amide bonds. The van der Waals surface area contributed by atoms with Crippen LogP contribution in [0.1, 0.15) is 26.3 Å². The lowest BCUT2D eigenvalue weighted by Gasteiger charge is -2.28. The Kier molecular flexibility index (Phi) is 5.82. The van der Waals surface area contributed by atoms with Crippen molar-refractivity contribution in [2.45, 2.75) is 39.3 Å². The van der Waals surface area contributed by atoms with Gasteiger partial charge in [-0.1, -0.05) is 26.0 Å². The smallest absolute Gasteiger partial charge is 0.237 e. The number of Topliss-reactive ketones (excluding diaryl/α,β-unsaturated/α-hetero) is 1. The SMILES string of the molecule is CC(=O)C(C)(C)[C@@H]([C]=O)NC(=O)[C@@H](N)Cc1ccc(O)cc1. The van der Waals surface area contributed by atoms with Crippen LogP contribution in [-0.4, -0.2) is 35.2 Å². The number of rotatable bonds is 7. The summed E-state index contributed by atoms with van der Waals surface area (Å²) in [6, 6.07) is 4.39. The van der Waals surface area contributed by atoms with Gasteiger partial charge in [-0.3, -0.25) is 14.4 Å². The summed E-state index contributed by atoms with van der Waals surface area (Å²) >= 11 is 0. The van der Waals surface area contributed by atoms with E-state index in [9.17, 15) is 19.5 Å². The second kappa shape index (κ2) is 7.17. The number of carbonyl (C=O) groups is 2. The number of aromatic hydroxyl groups is 1. The van der Waals surface area contributed by atoms with Gasteiger partial charge >= 0.3 is 0 Å². The molecule has 0 aliphatic rings. The highest BCUT2D eigenvalue weighted by Crippen LogP contribution is 2.21. The van der Waals surface area contributed by atoms with E-state index in [4.69, 9.17) is 5.73 Å². The van der Waals surface area contributed by atoms with Gasteiger partial charge in [0, 0.05) is 0 Å². The highest BCUT2D eigenvalue weighted by molar-refractivity contribution is 5.90. The maximum atomic E-state index is 12.1. The van der Waals surface area contributed by atoms with Gasteiger partial charge in [-0.2, -0.15) is 0 Å². The third-order valence-electron chi connectivity index (χ3n) is 3.76. The first kappa shape index (κ1) is 17.8. The van der Waals surface area contributed by atoms with Crippen molar-refractivity contribution in [2.75, 3.05) is 0 Å². The fourth-order valence-corrected chi connectivity index (χ4v) is 1.79. The van der Waals surface area contributed by atoms with E-state index in [-0.39, 0.29) is 18.0 Å². The zero-order valence-electron chi connectivity index (χ0n) is 12.9. The maximum absolute atomic E-state index is 12.1. The van der Waals surface area contributed by atoms with Gasteiger partial charge in [-0.25, -0.2) is 0 Å². The van der Waals surface area contributed by atoms with Crippen LogP contribution in [0, 0.1) is 5.41 Å². The first-order valence-electron chi connectivity index (χ1n) is 6.91. The van der Waals surface area contributed by atoms with Crippen molar-refractivity contribution in [3.05, 3.63) is 29.8 Å². The number of hydrogen-bond donors (Lipinski definition) is 3. The van der Waals surface area contributed by atoms with Crippen LogP contribution < -0.4 is 11.1 Å². The number of nitrogens with two attached hydrogens (primary N) is 1. The van der Waals surface area contributed by atoms with Crippen molar-refractivity contribution < 1.29 is 19.5 Å². The molecule has 0 spiro atoms. The molecule has 0 heterocycles. The molecular weight excluding hydrogens is 284 g/mol. The van der Waals surface area contributed by atoms with Crippen molar-refractivity contribution >= 4 is 18.0 Å². The van der Waals surface area contributed by atoms with Gasteiger partial charge in [0.2, 0.25) is 12.2 Å². The predicted molar refractivity (Wildman–Crippen MR) is 81.9 cm³/mol. The molecule has 1 aromatic carbocycles. The highest BCUT2D eigenvalue weighted by atomic mass is 16.3. The van der Waals surface area contributed by atoms with Crippen molar-refractivity contribution in [1.29, 1.82) is 0 Å². The van der Waals surface area contributed by atoms with Crippen molar-refractivity contribution in [3.8, 4) is 5.75 Å². The molecule has 6 heteroatoms. The third kappa shape index (κ3) is 4.39. The van der Waals surface area contributed by atoms with Crippen LogP contribution >= 0.6 is 0 Å². The number of amides is 1. The molecule has 0 aliphatic carbocycles.